The number of carbonyl (C=O) groups is 2. The molecule has 43 heavy (non-hydrogen) atoms. The number of hydrogen-bond donors (Lipinski definition) is 3. The molecule has 0 spiro atoms. The molecule has 5 aromatic rings. The average molecular weight is 584 g/mol. The molecule has 2 amide bonds. The van der Waals surface area contributed by atoms with Gasteiger partial charge in [-0.2, -0.15) is 10.1 Å². The van der Waals surface area contributed by atoms with E-state index in [2.05, 4.69) is 40.7 Å². The normalized spacial score (nSPS) is 12.0. The van der Waals surface area contributed by atoms with Gasteiger partial charge < -0.3 is 20.4 Å². The van der Waals surface area contributed by atoms with Crippen LogP contribution in [0.15, 0.2) is 42.9 Å². The number of carbonyl (C=O) groups excluding carboxylic acids is 2. The van der Waals surface area contributed by atoms with Gasteiger partial charge in [0.2, 0.25) is 17.7 Å². The molecule has 3 N–H and O–H groups in total. The van der Waals surface area contributed by atoms with E-state index in [1.807, 2.05) is 44.2 Å². The van der Waals surface area contributed by atoms with E-state index in [9.17, 15) is 9.59 Å². The molecule has 224 valence electrons. The molecule has 0 bridgehead atoms. The first-order valence-electron chi connectivity index (χ1n) is 14.5. The molecule has 0 aliphatic carbocycles. The van der Waals surface area contributed by atoms with Gasteiger partial charge in [0, 0.05) is 36.7 Å². The van der Waals surface area contributed by atoms with Gasteiger partial charge in [-0.15, -0.1) is 0 Å². The van der Waals surface area contributed by atoms with Crippen molar-refractivity contribution < 1.29 is 14.3 Å². The van der Waals surface area contributed by atoms with Crippen molar-refractivity contribution in [3.8, 4) is 17.1 Å². The van der Waals surface area contributed by atoms with E-state index in [1.54, 1.807) is 24.9 Å². The van der Waals surface area contributed by atoms with Crippen LogP contribution in [0, 0.1) is 13.8 Å². The number of hydrogen-bond acceptors (Lipinski definition) is 8. The number of benzene rings is 1. The summed E-state index contributed by atoms with van der Waals surface area (Å²) in [5.41, 5.74) is 5.13. The van der Waals surface area contributed by atoms with E-state index in [-0.39, 0.29) is 24.3 Å². The Morgan fingerprint density at radius 2 is 1.88 bits per heavy atom. The largest absolute Gasteiger partial charge is 0.480 e. The number of para-hydroxylation sites is 1. The number of rotatable bonds is 13. The van der Waals surface area contributed by atoms with Crippen molar-refractivity contribution in [1.29, 1.82) is 0 Å². The monoisotopic (exact) mass is 583 g/mol. The molecule has 0 fully saturated rings. The van der Waals surface area contributed by atoms with Crippen molar-refractivity contribution >= 4 is 28.5 Å². The number of nitrogens with zero attached hydrogens (tertiary/aromatic N) is 6. The van der Waals surface area contributed by atoms with Crippen molar-refractivity contribution in [2.75, 3.05) is 14.2 Å². The van der Waals surface area contributed by atoms with E-state index in [4.69, 9.17) is 4.74 Å². The number of aromatic amines is 1. The predicted molar refractivity (Wildman–Crippen MR) is 162 cm³/mol. The number of aryl methyl sites for hydroxylation is 2. The lowest BCUT2D eigenvalue weighted by Gasteiger charge is -2.18. The Labute approximate surface area is 249 Å². The van der Waals surface area contributed by atoms with Crippen LogP contribution in [0.1, 0.15) is 67.3 Å². The molecule has 0 saturated heterocycles. The van der Waals surface area contributed by atoms with Crippen LogP contribution in [0.2, 0.25) is 0 Å². The maximum atomic E-state index is 13.3. The Hall–Kier alpha value is -4.87. The standard InChI is InChI=1S/C31H37N9O3/c1-19-22(20(2)40-31(36-19)34-18-35-40)14-15-28(42)37-25(12-6-5-7-13-27(41)32-3)29-33-17-26(38-29)23-16-21-10-8-9-11-24(21)39-30(23)43-4/h8-11,16-18,25H,5-7,12-15H2,1-4H3,(H,32,41)(H,33,38)(H,37,42). The summed E-state index contributed by atoms with van der Waals surface area (Å²) in [6.07, 6.45) is 7.65. The summed E-state index contributed by atoms with van der Waals surface area (Å²) in [7, 11) is 3.24. The van der Waals surface area contributed by atoms with Gasteiger partial charge in [-0.1, -0.05) is 31.0 Å². The van der Waals surface area contributed by atoms with Gasteiger partial charge in [0.05, 0.1) is 36.1 Å². The minimum atomic E-state index is -0.334. The lowest BCUT2D eigenvalue weighted by atomic mass is 10.0. The zero-order valence-electron chi connectivity index (χ0n) is 25.0. The molecule has 4 heterocycles. The first-order valence-corrected chi connectivity index (χ1v) is 14.5. The van der Waals surface area contributed by atoms with Crippen molar-refractivity contribution in [2.45, 2.75) is 64.8 Å². The van der Waals surface area contributed by atoms with Crippen molar-refractivity contribution in [1.82, 2.24) is 45.2 Å². The molecule has 1 aromatic carbocycles. The second kappa shape index (κ2) is 13.4. The number of nitrogens with one attached hydrogen (secondary N) is 3. The van der Waals surface area contributed by atoms with Gasteiger partial charge in [-0.05, 0) is 50.8 Å². The van der Waals surface area contributed by atoms with Crippen LogP contribution < -0.4 is 15.4 Å². The van der Waals surface area contributed by atoms with Crippen LogP contribution in [-0.4, -0.2) is 60.5 Å². The van der Waals surface area contributed by atoms with Gasteiger partial charge in [0.1, 0.15) is 12.2 Å². The highest BCUT2D eigenvalue weighted by atomic mass is 16.5. The SMILES string of the molecule is CNC(=O)CCCCCC(NC(=O)CCc1c(C)nc2ncnn2c1C)c1ncc(-c2cc3ccccc3nc2OC)[nH]1. The van der Waals surface area contributed by atoms with Gasteiger partial charge >= 0.3 is 0 Å². The summed E-state index contributed by atoms with van der Waals surface area (Å²) in [6.45, 7) is 3.89. The maximum Gasteiger partial charge on any atom is 0.252 e. The fourth-order valence-corrected chi connectivity index (χ4v) is 5.33. The third-order valence-corrected chi connectivity index (χ3v) is 7.70. The molecule has 0 saturated carbocycles. The number of pyridine rings is 1. The predicted octanol–water partition coefficient (Wildman–Crippen LogP) is 4.17. The van der Waals surface area contributed by atoms with Gasteiger partial charge in [0.15, 0.2) is 0 Å². The Kier molecular flexibility index (Phi) is 9.23. The number of aromatic nitrogens is 7. The summed E-state index contributed by atoms with van der Waals surface area (Å²) in [5.74, 6) is 1.64. The molecule has 0 aliphatic rings. The third kappa shape index (κ3) is 6.79. The molecule has 1 atom stereocenters. The smallest absolute Gasteiger partial charge is 0.252 e. The van der Waals surface area contributed by atoms with E-state index in [0.717, 1.165) is 58.4 Å². The molecule has 12 nitrogen and oxygen atoms in total. The second-order valence-electron chi connectivity index (χ2n) is 10.5. The quantitative estimate of drug-likeness (QED) is 0.175. The summed E-state index contributed by atoms with van der Waals surface area (Å²) < 4.78 is 7.30. The first kappa shape index (κ1) is 29.6. The number of methoxy groups -OCH3 is 1. The van der Waals surface area contributed by atoms with E-state index in [0.29, 0.717) is 36.7 Å². The lowest BCUT2D eigenvalue weighted by molar-refractivity contribution is -0.122. The molecule has 1 unspecified atom stereocenters. The zero-order chi connectivity index (χ0) is 30.3. The Bertz CT molecular complexity index is 1740. The third-order valence-electron chi connectivity index (χ3n) is 7.70. The molecule has 4 aromatic heterocycles. The summed E-state index contributed by atoms with van der Waals surface area (Å²) >= 11 is 0. The highest BCUT2D eigenvalue weighted by Crippen LogP contribution is 2.31. The van der Waals surface area contributed by atoms with E-state index in [1.165, 1.54) is 6.33 Å². The van der Waals surface area contributed by atoms with Gasteiger partial charge in [0.25, 0.3) is 5.78 Å². The fourth-order valence-electron chi connectivity index (χ4n) is 5.33. The molecule has 12 heteroatoms. The summed E-state index contributed by atoms with van der Waals surface area (Å²) in [4.78, 5) is 46.4. The minimum absolute atomic E-state index is 0.0302. The number of H-pyrrole nitrogens is 1. The highest BCUT2D eigenvalue weighted by Gasteiger charge is 2.21. The van der Waals surface area contributed by atoms with Gasteiger partial charge in [-0.3, -0.25) is 9.59 Å². The van der Waals surface area contributed by atoms with Crippen LogP contribution >= 0.6 is 0 Å². The highest BCUT2D eigenvalue weighted by molar-refractivity contribution is 5.85. The second-order valence-corrected chi connectivity index (χ2v) is 10.5. The molecule has 0 radical (unpaired) electrons. The van der Waals surface area contributed by atoms with Crippen LogP contribution in [0.4, 0.5) is 0 Å². The average Bonchev–Trinajstić information content (AvgIpc) is 3.70. The summed E-state index contributed by atoms with van der Waals surface area (Å²) in [6, 6.07) is 9.55. The molecular weight excluding hydrogens is 546 g/mol. The molecule has 5 rings (SSSR count). The lowest BCUT2D eigenvalue weighted by Crippen LogP contribution is -2.29. The Balaban J connectivity index is 1.33. The molecule has 0 aliphatic heterocycles. The first-order chi connectivity index (χ1) is 20.9. The topological polar surface area (TPSA) is 152 Å². The number of amides is 2. The fraction of sp³-hybridized carbons (Fsp3) is 0.387. The van der Waals surface area contributed by atoms with Crippen LogP contribution in [0.5, 0.6) is 5.88 Å². The van der Waals surface area contributed by atoms with Crippen molar-refractivity contribution in [2.24, 2.45) is 0 Å². The number of ether oxygens (including phenoxy) is 1. The van der Waals surface area contributed by atoms with Crippen molar-refractivity contribution in [3.63, 3.8) is 0 Å². The van der Waals surface area contributed by atoms with Gasteiger partial charge in [-0.25, -0.2) is 19.5 Å². The minimum Gasteiger partial charge on any atom is -0.480 e. The van der Waals surface area contributed by atoms with Crippen LogP contribution in [-0.2, 0) is 16.0 Å². The van der Waals surface area contributed by atoms with Crippen molar-refractivity contribution in [3.05, 3.63) is 65.6 Å². The Morgan fingerprint density at radius 3 is 2.70 bits per heavy atom. The summed E-state index contributed by atoms with van der Waals surface area (Å²) in [5, 5.41) is 11.1. The van der Waals surface area contributed by atoms with Crippen LogP contribution in [0.25, 0.3) is 27.9 Å². The van der Waals surface area contributed by atoms with E-state index < -0.39 is 0 Å². The number of unbranched alkanes of at least 4 members (excludes halogenated alkanes) is 2. The molecular formula is C31H37N9O3. The number of fused-ring (bicyclic) bond motifs is 2. The number of imidazole rings is 1. The van der Waals surface area contributed by atoms with Crippen LogP contribution in [0.3, 0.4) is 0 Å². The Morgan fingerprint density at radius 1 is 1.05 bits per heavy atom. The van der Waals surface area contributed by atoms with E-state index >= 15 is 0 Å². The zero-order valence-corrected chi connectivity index (χ0v) is 25.0. The maximum absolute atomic E-state index is 13.3.